The van der Waals surface area contributed by atoms with Crippen molar-refractivity contribution in [2.24, 2.45) is 0 Å². The molecule has 1 fully saturated rings. The second kappa shape index (κ2) is 7.24. The zero-order valence-corrected chi connectivity index (χ0v) is 28.6. The average molecular weight is 556 g/mol. The molecule has 1 saturated heterocycles. The van der Waals surface area contributed by atoms with Crippen molar-refractivity contribution in [3.05, 3.63) is 35.4 Å². The van der Waals surface area contributed by atoms with Crippen molar-refractivity contribution < 1.29 is 8.50 Å². The van der Waals surface area contributed by atoms with Gasteiger partial charge in [-0.25, -0.2) is 0 Å². The Morgan fingerprint density at radius 1 is 0.645 bits per heavy atom. The molecule has 4 nitrogen and oxygen atoms in total. The molecule has 0 saturated carbocycles. The predicted molar refractivity (Wildman–Crippen MR) is 146 cm³/mol. The van der Waals surface area contributed by atoms with Crippen molar-refractivity contribution >= 4 is 47.0 Å². The van der Waals surface area contributed by atoms with Gasteiger partial charge in [-0.2, -0.15) is 0 Å². The molecule has 2 atom stereocenters. The Morgan fingerprint density at radius 2 is 1.00 bits per heavy atom. The van der Waals surface area contributed by atoms with Crippen LogP contribution in [-0.4, -0.2) is 53.4 Å². The van der Waals surface area contributed by atoms with Crippen LogP contribution in [0, 0.1) is 0 Å². The van der Waals surface area contributed by atoms with Crippen molar-refractivity contribution in [1.82, 2.24) is 6.38 Å². The molecule has 3 rings (SSSR count). The number of hydrogen-bond donors (Lipinski definition) is 0. The summed E-state index contributed by atoms with van der Waals surface area (Å²) in [6, 6.07) is 8.90. The molecular weight excluding hydrogens is 509 g/mol. The Labute approximate surface area is 199 Å². The molecule has 9 heteroatoms. The Hall–Kier alpha value is 0.470. The summed E-state index contributed by atoms with van der Waals surface area (Å²) in [5.74, 6) is -0.638. The standard InChI is InChI=1S/C22H46GeN2O2Si4/c1-21-19-17-15-16-18-20(19)22(2,26-21)27-23(21,24(28(3,4)5)29(6,7)8)25(30(9,10)11)31(12,13)14/h15-18H,1-14H3. The Bertz CT molecular complexity index is 812. The first kappa shape index (κ1) is 26.1. The molecule has 0 aromatic heterocycles. The predicted octanol–water partition coefficient (Wildman–Crippen LogP) is 6.56. The Kier molecular flexibility index (Phi) is 6.09. The van der Waals surface area contributed by atoms with Crippen LogP contribution < -0.4 is 0 Å². The van der Waals surface area contributed by atoms with Crippen molar-refractivity contribution in [3.8, 4) is 0 Å². The topological polar surface area (TPSA) is 24.9 Å². The second-order valence-corrected chi connectivity index (χ2v) is 44.4. The monoisotopic (exact) mass is 556 g/mol. The molecule has 0 spiro atoms. The fourth-order valence-electron chi connectivity index (χ4n) is 6.93. The summed E-state index contributed by atoms with van der Waals surface area (Å²) in [7, 11) is -6.97. The SMILES string of the molecule is CC12O[C](C)(c3ccccc31)[Ge]([N]([Si](C)(C)C)[Si](C)(C)C)([N]([Si](C)(C)C)[Si](C)(C)C)[O]2. The molecule has 2 aliphatic heterocycles. The van der Waals surface area contributed by atoms with Crippen molar-refractivity contribution in [2.45, 2.75) is 103 Å². The van der Waals surface area contributed by atoms with Crippen molar-refractivity contribution in [1.29, 1.82) is 0 Å². The maximum atomic E-state index is 7.65. The molecule has 2 heterocycles. The van der Waals surface area contributed by atoms with Crippen LogP contribution >= 0.6 is 0 Å². The molecule has 0 aliphatic carbocycles. The van der Waals surface area contributed by atoms with Gasteiger partial charge in [0.15, 0.2) is 0 Å². The Balaban J connectivity index is 2.50. The zero-order valence-electron chi connectivity index (χ0n) is 22.5. The summed E-state index contributed by atoms with van der Waals surface area (Å²) in [5, 5.41) is 0. The number of nitrogens with zero attached hydrogens (tertiary/aromatic N) is 2. The molecular formula is C22H46GeN2O2Si4. The number of hydrogen-bond acceptors (Lipinski definition) is 4. The van der Waals surface area contributed by atoms with Crippen LogP contribution in [0.1, 0.15) is 25.0 Å². The summed E-state index contributed by atoms with van der Waals surface area (Å²) >= 11 is -3.53. The van der Waals surface area contributed by atoms with Gasteiger partial charge in [-0.05, 0) is 0 Å². The van der Waals surface area contributed by atoms with Gasteiger partial charge in [-0.15, -0.1) is 0 Å². The normalized spacial score (nSPS) is 28.5. The molecule has 1 aromatic carbocycles. The van der Waals surface area contributed by atoms with E-state index in [1.165, 1.54) is 11.1 Å². The van der Waals surface area contributed by atoms with Crippen LogP contribution in [0.15, 0.2) is 24.3 Å². The number of ether oxygens (including phenoxy) is 1. The van der Waals surface area contributed by atoms with E-state index < -0.39 is 52.8 Å². The number of rotatable bonds is 6. The first-order valence-corrected chi connectivity index (χ1v) is 29.3. The summed E-state index contributed by atoms with van der Waals surface area (Å²) in [6.45, 7) is 35.1. The van der Waals surface area contributed by atoms with Gasteiger partial charge in [-0.1, -0.05) is 0 Å². The van der Waals surface area contributed by atoms with Crippen LogP contribution in [-0.2, 0) is 18.7 Å². The molecule has 2 unspecified atom stereocenters. The first-order chi connectivity index (χ1) is 13.6. The number of fused-ring (bicyclic) bond motifs is 5. The second-order valence-electron chi connectivity index (χ2n) is 13.7. The fourth-order valence-corrected chi connectivity index (χ4v) is 65.4. The van der Waals surface area contributed by atoms with E-state index in [9.17, 15) is 0 Å². The van der Waals surface area contributed by atoms with Crippen LogP contribution in [0.2, 0.25) is 78.6 Å². The van der Waals surface area contributed by atoms with Crippen LogP contribution in [0.4, 0.5) is 0 Å². The quantitative estimate of drug-likeness (QED) is 0.372. The summed E-state index contributed by atoms with van der Waals surface area (Å²) in [4.78, 5) is 0. The van der Waals surface area contributed by atoms with E-state index in [1.807, 2.05) is 0 Å². The van der Waals surface area contributed by atoms with Crippen LogP contribution in [0.25, 0.3) is 0 Å². The average Bonchev–Trinajstić information content (AvgIpc) is 2.83. The number of benzene rings is 1. The molecule has 176 valence electrons. The maximum absolute atomic E-state index is 7.65. The van der Waals surface area contributed by atoms with E-state index in [-0.39, 0.29) is 4.43 Å². The molecule has 0 amide bonds. The van der Waals surface area contributed by atoms with Crippen molar-refractivity contribution in [2.75, 3.05) is 0 Å². The summed E-state index contributed by atoms with van der Waals surface area (Å²) < 4.78 is 20.6. The van der Waals surface area contributed by atoms with Gasteiger partial charge < -0.3 is 0 Å². The molecule has 2 aliphatic rings. The molecule has 1 aromatic rings. The summed E-state index contributed by atoms with van der Waals surface area (Å²) in [6.07, 6.45) is 0. The molecule has 31 heavy (non-hydrogen) atoms. The molecule has 2 bridgehead atoms. The van der Waals surface area contributed by atoms with Gasteiger partial charge in [0.2, 0.25) is 0 Å². The zero-order chi connectivity index (χ0) is 24.1. The van der Waals surface area contributed by atoms with Gasteiger partial charge in [0, 0.05) is 0 Å². The van der Waals surface area contributed by atoms with E-state index >= 15 is 0 Å². The van der Waals surface area contributed by atoms with Gasteiger partial charge in [0.05, 0.1) is 0 Å². The Morgan fingerprint density at radius 3 is 1.35 bits per heavy atom. The van der Waals surface area contributed by atoms with E-state index in [1.54, 1.807) is 0 Å². The third-order valence-electron chi connectivity index (χ3n) is 6.58. The minimum absolute atomic E-state index is 0.355. The van der Waals surface area contributed by atoms with Crippen LogP contribution in [0.3, 0.4) is 0 Å². The first-order valence-electron chi connectivity index (χ1n) is 11.7. The third-order valence-corrected chi connectivity index (χ3v) is 50.5. The van der Waals surface area contributed by atoms with E-state index in [2.05, 4.69) is 123 Å². The third kappa shape index (κ3) is 3.81. The van der Waals surface area contributed by atoms with E-state index in [4.69, 9.17) is 8.50 Å². The molecule has 0 radical (unpaired) electrons. The van der Waals surface area contributed by atoms with Gasteiger partial charge in [0.1, 0.15) is 0 Å². The van der Waals surface area contributed by atoms with Gasteiger partial charge in [0.25, 0.3) is 0 Å². The van der Waals surface area contributed by atoms with Gasteiger partial charge >= 0.3 is 200 Å². The molecule has 0 N–H and O–H groups in total. The minimum atomic E-state index is -3.53. The van der Waals surface area contributed by atoms with Gasteiger partial charge in [-0.3, -0.25) is 0 Å². The van der Waals surface area contributed by atoms with Crippen LogP contribution in [0.5, 0.6) is 0 Å². The van der Waals surface area contributed by atoms with Crippen molar-refractivity contribution in [3.63, 3.8) is 0 Å². The van der Waals surface area contributed by atoms with E-state index in [0.29, 0.717) is 0 Å². The fraction of sp³-hybridized carbons (Fsp3) is 0.727. The van der Waals surface area contributed by atoms with E-state index in [0.717, 1.165) is 0 Å². The summed E-state index contributed by atoms with van der Waals surface area (Å²) in [5.41, 5.74) is 2.64.